The summed E-state index contributed by atoms with van der Waals surface area (Å²) in [5, 5.41) is 17.4. The molecule has 22 heavy (non-hydrogen) atoms. The number of ether oxygens (including phenoxy) is 1. The zero-order chi connectivity index (χ0) is 15.7. The second-order valence-corrected chi connectivity index (χ2v) is 5.00. The van der Waals surface area contributed by atoms with Gasteiger partial charge in [0, 0.05) is 22.2 Å². The number of aryl methyl sites for hydroxylation is 1. The van der Waals surface area contributed by atoms with E-state index in [2.05, 4.69) is 15.2 Å². The van der Waals surface area contributed by atoms with Crippen molar-refractivity contribution in [3.8, 4) is 11.1 Å². The maximum atomic E-state index is 11.9. The lowest BCUT2D eigenvalue weighted by molar-refractivity contribution is 0.0520. The number of rotatable bonds is 4. The second kappa shape index (κ2) is 5.65. The summed E-state index contributed by atoms with van der Waals surface area (Å²) in [5.74, 6) is -0.379. The van der Waals surface area contributed by atoms with Crippen LogP contribution in [-0.4, -0.2) is 32.9 Å². The molecule has 0 spiro atoms. The molecule has 0 fully saturated rings. The van der Waals surface area contributed by atoms with Gasteiger partial charge in [0.15, 0.2) is 0 Å². The number of carbonyl (C=O) groups excluding carboxylic acids is 1. The first-order valence-corrected chi connectivity index (χ1v) is 7.09. The molecule has 0 saturated carbocycles. The summed E-state index contributed by atoms with van der Waals surface area (Å²) in [6.45, 7) is 3.85. The number of fused-ring (bicyclic) bond motifs is 1. The highest BCUT2D eigenvalue weighted by atomic mass is 16.5. The van der Waals surface area contributed by atoms with E-state index in [1.165, 1.54) is 0 Å². The molecular weight excluding hydrogens is 282 g/mol. The van der Waals surface area contributed by atoms with E-state index < -0.39 is 0 Å². The highest BCUT2D eigenvalue weighted by Gasteiger charge is 2.17. The van der Waals surface area contributed by atoms with Crippen LogP contribution >= 0.6 is 0 Å². The number of aromatic nitrogens is 3. The minimum Gasteiger partial charge on any atom is -0.461 e. The molecular formula is C16H17N3O3. The van der Waals surface area contributed by atoms with Crippen molar-refractivity contribution < 1.29 is 14.6 Å². The molecule has 3 rings (SSSR count). The second-order valence-electron chi connectivity index (χ2n) is 5.00. The molecule has 0 bridgehead atoms. The van der Waals surface area contributed by atoms with Gasteiger partial charge < -0.3 is 14.8 Å². The summed E-state index contributed by atoms with van der Waals surface area (Å²) < 4.78 is 5.03. The summed E-state index contributed by atoms with van der Waals surface area (Å²) in [4.78, 5) is 15.0. The van der Waals surface area contributed by atoms with Gasteiger partial charge in [-0.15, -0.1) is 0 Å². The zero-order valence-electron chi connectivity index (χ0n) is 12.4. The molecule has 114 valence electrons. The number of nitrogens with zero attached hydrogens (tertiary/aromatic N) is 1. The highest BCUT2D eigenvalue weighted by Crippen LogP contribution is 2.32. The molecule has 0 saturated heterocycles. The predicted octanol–water partition coefficient (Wildman–Crippen LogP) is 2.54. The minimum atomic E-state index is -0.379. The number of hydrogen-bond donors (Lipinski definition) is 3. The van der Waals surface area contributed by atoms with E-state index in [0.29, 0.717) is 18.0 Å². The molecule has 0 atom stereocenters. The number of nitrogens with one attached hydrogen (secondary N) is 2. The molecule has 3 aromatic rings. The summed E-state index contributed by atoms with van der Waals surface area (Å²) in [5.41, 5.74) is 4.43. The van der Waals surface area contributed by atoms with Gasteiger partial charge in [-0.1, -0.05) is 18.2 Å². The van der Waals surface area contributed by atoms with E-state index in [9.17, 15) is 9.90 Å². The summed E-state index contributed by atoms with van der Waals surface area (Å²) >= 11 is 0. The Balaban J connectivity index is 2.18. The minimum absolute atomic E-state index is 0.151. The number of benzene rings is 1. The van der Waals surface area contributed by atoms with Crippen molar-refractivity contribution in [2.24, 2.45) is 0 Å². The van der Waals surface area contributed by atoms with E-state index in [-0.39, 0.29) is 12.6 Å². The third-order valence-corrected chi connectivity index (χ3v) is 3.59. The fourth-order valence-corrected chi connectivity index (χ4v) is 2.63. The lowest BCUT2D eigenvalue weighted by atomic mass is 10.0. The van der Waals surface area contributed by atoms with Gasteiger partial charge in [-0.25, -0.2) is 4.79 Å². The van der Waals surface area contributed by atoms with Crippen LogP contribution in [0.2, 0.25) is 0 Å². The van der Waals surface area contributed by atoms with Crippen LogP contribution in [0.15, 0.2) is 24.3 Å². The number of carbonyl (C=O) groups is 1. The van der Waals surface area contributed by atoms with Gasteiger partial charge >= 0.3 is 5.97 Å². The average molecular weight is 299 g/mol. The quantitative estimate of drug-likeness (QED) is 0.646. The predicted molar refractivity (Wildman–Crippen MR) is 82.5 cm³/mol. The number of para-hydroxylation sites is 1. The Labute approximate surface area is 127 Å². The van der Waals surface area contributed by atoms with Crippen LogP contribution in [0.3, 0.4) is 0 Å². The first-order valence-electron chi connectivity index (χ1n) is 7.09. The van der Waals surface area contributed by atoms with Crippen molar-refractivity contribution in [2.45, 2.75) is 20.5 Å². The summed E-state index contributed by atoms with van der Waals surface area (Å²) in [7, 11) is 0. The van der Waals surface area contributed by atoms with Crippen molar-refractivity contribution in [2.75, 3.05) is 6.61 Å². The molecule has 1 aromatic carbocycles. The maximum Gasteiger partial charge on any atom is 0.354 e. The van der Waals surface area contributed by atoms with Gasteiger partial charge in [0.05, 0.1) is 24.4 Å². The van der Waals surface area contributed by atoms with Crippen molar-refractivity contribution in [3.05, 3.63) is 41.3 Å². The molecule has 0 amide bonds. The van der Waals surface area contributed by atoms with Crippen molar-refractivity contribution in [3.63, 3.8) is 0 Å². The first kappa shape index (κ1) is 14.3. The molecule has 0 aliphatic rings. The summed E-state index contributed by atoms with van der Waals surface area (Å²) in [6, 6.07) is 7.54. The Morgan fingerprint density at radius 3 is 2.95 bits per heavy atom. The molecule has 2 aromatic heterocycles. The number of H-pyrrole nitrogens is 2. The van der Waals surface area contributed by atoms with Gasteiger partial charge in [-0.3, -0.25) is 5.10 Å². The number of esters is 1. The van der Waals surface area contributed by atoms with Crippen LogP contribution in [0.4, 0.5) is 0 Å². The van der Waals surface area contributed by atoms with E-state index >= 15 is 0 Å². The lowest BCUT2D eigenvalue weighted by Crippen LogP contribution is -2.04. The molecule has 0 aliphatic carbocycles. The first-order chi connectivity index (χ1) is 10.7. The van der Waals surface area contributed by atoms with E-state index in [0.717, 1.165) is 27.7 Å². The normalized spacial score (nSPS) is 11.0. The van der Waals surface area contributed by atoms with Gasteiger partial charge in [0.1, 0.15) is 5.69 Å². The standard InChI is InChI=1S/C16H17N3O3/c1-3-22-16(21)12-7-10-5-4-6-11(15(10)17-12)14-9(2)18-19-13(14)8-20/h4-7,17,20H,3,8H2,1-2H3,(H,18,19). The van der Waals surface area contributed by atoms with E-state index in [4.69, 9.17) is 4.74 Å². The summed E-state index contributed by atoms with van der Waals surface area (Å²) in [6.07, 6.45) is 0. The Bertz CT molecular complexity index is 832. The smallest absolute Gasteiger partial charge is 0.354 e. The largest absolute Gasteiger partial charge is 0.461 e. The third kappa shape index (κ3) is 2.27. The Morgan fingerprint density at radius 2 is 2.23 bits per heavy atom. The number of aliphatic hydroxyl groups is 1. The van der Waals surface area contributed by atoms with Crippen LogP contribution in [0, 0.1) is 6.92 Å². The van der Waals surface area contributed by atoms with Gasteiger partial charge in [0.2, 0.25) is 0 Å². The topological polar surface area (TPSA) is 91.0 Å². The van der Waals surface area contributed by atoms with Crippen LogP contribution < -0.4 is 0 Å². The van der Waals surface area contributed by atoms with Crippen molar-refractivity contribution in [1.82, 2.24) is 15.2 Å². The van der Waals surface area contributed by atoms with Crippen LogP contribution in [-0.2, 0) is 11.3 Å². The number of aliphatic hydroxyl groups excluding tert-OH is 1. The highest BCUT2D eigenvalue weighted by molar-refractivity contribution is 6.01. The van der Waals surface area contributed by atoms with Crippen molar-refractivity contribution >= 4 is 16.9 Å². The molecule has 2 heterocycles. The number of aromatic amines is 2. The third-order valence-electron chi connectivity index (χ3n) is 3.59. The number of hydrogen-bond acceptors (Lipinski definition) is 4. The Morgan fingerprint density at radius 1 is 1.41 bits per heavy atom. The van der Waals surface area contributed by atoms with Gasteiger partial charge in [-0.2, -0.15) is 5.10 Å². The Kier molecular flexibility index (Phi) is 3.68. The molecule has 0 radical (unpaired) electrons. The van der Waals surface area contributed by atoms with Gasteiger partial charge in [-0.05, 0) is 19.9 Å². The molecule has 6 nitrogen and oxygen atoms in total. The zero-order valence-corrected chi connectivity index (χ0v) is 12.4. The molecule has 0 unspecified atom stereocenters. The van der Waals surface area contributed by atoms with Crippen molar-refractivity contribution in [1.29, 1.82) is 0 Å². The van der Waals surface area contributed by atoms with Gasteiger partial charge in [0.25, 0.3) is 0 Å². The Hall–Kier alpha value is -2.60. The average Bonchev–Trinajstić information content (AvgIpc) is 3.10. The molecule has 6 heteroatoms. The fraction of sp³-hybridized carbons (Fsp3) is 0.250. The molecule has 3 N–H and O–H groups in total. The van der Waals surface area contributed by atoms with Crippen LogP contribution in [0.1, 0.15) is 28.8 Å². The molecule has 0 aliphatic heterocycles. The fourth-order valence-electron chi connectivity index (χ4n) is 2.63. The van der Waals surface area contributed by atoms with E-state index in [1.54, 1.807) is 13.0 Å². The van der Waals surface area contributed by atoms with E-state index in [1.807, 2.05) is 25.1 Å². The van der Waals surface area contributed by atoms with Crippen LogP contribution in [0.25, 0.3) is 22.0 Å². The lowest BCUT2D eigenvalue weighted by Gasteiger charge is -2.04. The maximum absolute atomic E-state index is 11.9. The monoisotopic (exact) mass is 299 g/mol. The van der Waals surface area contributed by atoms with Crippen LogP contribution in [0.5, 0.6) is 0 Å². The SMILES string of the molecule is CCOC(=O)c1cc2cccc(-c3c(CO)n[nH]c3C)c2[nH]1.